The van der Waals surface area contributed by atoms with Crippen molar-refractivity contribution in [2.45, 2.75) is 42.7 Å². The summed E-state index contributed by atoms with van der Waals surface area (Å²) in [5.41, 5.74) is -0.997. The topological polar surface area (TPSA) is 88.8 Å². The van der Waals surface area contributed by atoms with Gasteiger partial charge >= 0.3 is 45.5 Å². The second kappa shape index (κ2) is 10.4. The Morgan fingerprint density at radius 2 is 1.43 bits per heavy atom. The SMILES string of the molecule is Cc1ccc(C(C#N)=NOS(=O)(=O)C(F)(F)C(F)(F)OC(F)(C(F)(F)F)C(F)(F)CC(F)=C(F)F)cc1. The second-order valence-electron chi connectivity index (χ2n) is 6.72. The molecule has 0 aliphatic carbocycles. The first-order valence-electron chi connectivity index (χ1n) is 8.73. The van der Waals surface area contributed by atoms with E-state index in [0.717, 1.165) is 18.2 Å². The molecule has 1 aromatic rings. The number of aryl methyl sites for hydroxylation is 1. The van der Waals surface area contributed by atoms with E-state index in [-0.39, 0.29) is 5.56 Å². The molecule has 1 aromatic carbocycles. The van der Waals surface area contributed by atoms with E-state index in [2.05, 4.69) is 9.44 Å². The number of ether oxygens (including phenoxy) is 1. The molecule has 20 heteroatoms. The third kappa shape index (κ3) is 6.44. The summed E-state index contributed by atoms with van der Waals surface area (Å²) in [4.78, 5) is 0. The van der Waals surface area contributed by atoms with E-state index in [1.165, 1.54) is 19.1 Å². The monoisotopic (exact) mass is 584 g/mol. The molecule has 0 aliphatic rings. The van der Waals surface area contributed by atoms with E-state index in [1.54, 1.807) is 0 Å². The zero-order chi connectivity index (χ0) is 29.3. The van der Waals surface area contributed by atoms with Crippen molar-refractivity contribution in [2.24, 2.45) is 5.16 Å². The minimum Gasteiger partial charge on any atom is -0.264 e. The number of benzene rings is 1. The standard InChI is InChI=1S/C17H9F13N2O4S/c1-8-2-4-9(5-3-8)11(7-31)32-36-37(33,34)17(29,30)16(27,28)35-14(23,15(24,25)26)13(21,22)6-10(18)12(19)20/h2-5H,6H2,1H3. The van der Waals surface area contributed by atoms with Crippen molar-refractivity contribution in [2.75, 3.05) is 0 Å². The highest BCUT2D eigenvalue weighted by Crippen LogP contribution is 2.54. The molecule has 0 saturated carbocycles. The van der Waals surface area contributed by atoms with E-state index in [0.29, 0.717) is 5.56 Å². The summed E-state index contributed by atoms with van der Waals surface area (Å²) >= 11 is 0. The number of nitriles is 1. The van der Waals surface area contributed by atoms with Gasteiger partial charge in [-0.1, -0.05) is 35.0 Å². The molecule has 0 N–H and O–H groups in total. The average Bonchev–Trinajstić information content (AvgIpc) is 2.73. The molecular formula is C17H9F13N2O4S. The molecule has 0 amide bonds. The molecule has 0 bridgehead atoms. The van der Waals surface area contributed by atoms with E-state index < -0.39 is 63.5 Å². The second-order valence-corrected chi connectivity index (χ2v) is 8.29. The van der Waals surface area contributed by atoms with Gasteiger partial charge in [0.05, 0.1) is 6.42 Å². The molecular weight excluding hydrogens is 575 g/mol. The third-order valence-electron chi connectivity index (χ3n) is 4.00. The Hall–Kier alpha value is -3.08. The molecule has 0 heterocycles. The summed E-state index contributed by atoms with van der Waals surface area (Å²) in [6.45, 7) is 1.52. The summed E-state index contributed by atoms with van der Waals surface area (Å²) in [5.74, 6) is -17.6. The van der Waals surface area contributed by atoms with Crippen LogP contribution in [0.15, 0.2) is 41.3 Å². The van der Waals surface area contributed by atoms with Gasteiger partial charge < -0.3 is 0 Å². The first kappa shape index (κ1) is 31.9. The van der Waals surface area contributed by atoms with Gasteiger partial charge in [0.1, 0.15) is 6.07 Å². The molecule has 0 spiro atoms. The van der Waals surface area contributed by atoms with Crippen molar-refractivity contribution in [3.63, 3.8) is 0 Å². The predicted octanol–water partition coefficient (Wildman–Crippen LogP) is 6.10. The van der Waals surface area contributed by atoms with Crippen LogP contribution in [0.2, 0.25) is 0 Å². The number of nitrogens with zero attached hydrogens (tertiary/aromatic N) is 2. The van der Waals surface area contributed by atoms with Crippen molar-refractivity contribution in [3.05, 3.63) is 47.3 Å². The Morgan fingerprint density at radius 3 is 1.84 bits per heavy atom. The van der Waals surface area contributed by atoms with Crippen LogP contribution >= 0.6 is 0 Å². The number of halogens is 13. The maximum Gasteiger partial charge on any atom is 0.473 e. The number of oxime groups is 1. The summed E-state index contributed by atoms with van der Waals surface area (Å²) in [6.07, 6.45) is -22.2. The largest absolute Gasteiger partial charge is 0.473 e. The summed E-state index contributed by atoms with van der Waals surface area (Å²) in [7, 11) is -7.37. The summed E-state index contributed by atoms with van der Waals surface area (Å²) in [5, 5.41) is 4.07. The van der Waals surface area contributed by atoms with Crippen LogP contribution in [0.5, 0.6) is 0 Å². The Bertz CT molecular complexity index is 1200. The van der Waals surface area contributed by atoms with E-state index in [4.69, 9.17) is 5.26 Å². The van der Waals surface area contributed by atoms with Gasteiger partial charge in [-0.2, -0.15) is 66.4 Å². The minimum atomic E-state index is -7.47. The van der Waals surface area contributed by atoms with Gasteiger partial charge in [0, 0.05) is 5.56 Å². The van der Waals surface area contributed by atoms with Crippen molar-refractivity contribution in [1.29, 1.82) is 5.26 Å². The van der Waals surface area contributed by atoms with Crippen LogP contribution in [0, 0.1) is 18.3 Å². The van der Waals surface area contributed by atoms with Gasteiger partial charge in [-0.05, 0) is 6.92 Å². The van der Waals surface area contributed by atoms with Crippen molar-refractivity contribution in [1.82, 2.24) is 0 Å². The zero-order valence-electron chi connectivity index (χ0n) is 17.4. The quantitative estimate of drug-likeness (QED) is 0.188. The highest BCUT2D eigenvalue weighted by Gasteiger charge is 2.81. The Morgan fingerprint density at radius 1 is 0.946 bits per heavy atom. The lowest BCUT2D eigenvalue weighted by Crippen LogP contribution is -2.63. The van der Waals surface area contributed by atoms with Crippen molar-refractivity contribution in [3.8, 4) is 6.07 Å². The first-order chi connectivity index (χ1) is 16.5. The molecule has 37 heavy (non-hydrogen) atoms. The maximum atomic E-state index is 14.1. The maximum absolute atomic E-state index is 14.1. The van der Waals surface area contributed by atoms with Crippen LogP contribution < -0.4 is 0 Å². The molecule has 0 saturated heterocycles. The van der Waals surface area contributed by atoms with Gasteiger partial charge in [0.2, 0.25) is 0 Å². The van der Waals surface area contributed by atoms with Crippen molar-refractivity contribution >= 4 is 15.8 Å². The normalized spacial score (nSPS) is 15.5. The highest BCUT2D eigenvalue weighted by molar-refractivity contribution is 7.87. The molecule has 0 radical (unpaired) electrons. The molecule has 0 fully saturated rings. The van der Waals surface area contributed by atoms with Crippen LogP contribution in [-0.4, -0.2) is 43.4 Å². The number of hydrogen-bond acceptors (Lipinski definition) is 6. The molecule has 1 atom stereocenters. The van der Waals surface area contributed by atoms with E-state index in [1.807, 2.05) is 4.74 Å². The first-order valence-corrected chi connectivity index (χ1v) is 10.1. The summed E-state index contributed by atoms with van der Waals surface area (Å²) < 4.78 is 200. The van der Waals surface area contributed by atoms with Crippen LogP contribution in [0.3, 0.4) is 0 Å². The minimum absolute atomic E-state index is 0.357. The number of alkyl halides is 10. The van der Waals surface area contributed by atoms with Gasteiger partial charge in [0.25, 0.3) is 0 Å². The fourth-order valence-corrected chi connectivity index (χ4v) is 2.68. The predicted molar refractivity (Wildman–Crippen MR) is 94.1 cm³/mol. The Kier molecular flexibility index (Phi) is 8.94. The lowest BCUT2D eigenvalue weighted by molar-refractivity contribution is -0.477. The zero-order valence-corrected chi connectivity index (χ0v) is 18.2. The van der Waals surface area contributed by atoms with Gasteiger partial charge in [-0.15, -0.1) is 0 Å². The fraction of sp³-hybridized carbons (Fsp3) is 0.412. The highest BCUT2D eigenvalue weighted by atomic mass is 32.2. The lowest BCUT2D eigenvalue weighted by Gasteiger charge is -2.37. The molecule has 1 unspecified atom stereocenters. The Balaban J connectivity index is 3.48. The number of rotatable bonds is 10. The average molecular weight is 584 g/mol. The number of hydrogen-bond donors (Lipinski definition) is 0. The summed E-state index contributed by atoms with van der Waals surface area (Å²) in [6, 6.07) is 5.67. The van der Waals surface area contributed by atoms with E-state index >= 15 is 0 Å². The molecule has 0 aromatic heterocycles. The van der Waals surface area contributed by atoms with Crippen LogP contribution in [0.25, 0.3) is 0 Å². The molecule has 6 nitrogen and oxygen atoms in total. The third-order valence-corrected chi connectivity index (χ3v) is 5.13. The lowest BCUT2D eigenvalue weighted by atomic mass is 10.1. The molecule has 208 valence electrons. The van der Waals surface area contributed by atoms with Gasteiger partial charge in [-0.3, -0.25) is 9.02 Å². The fourth-order valence-electron chi connectivity index (χ4n) is 2.08. The van der Waals surface area contributed by atoms with Crippen LogP contribution in [-0.2, 0) is 19.1 Å². The smallest absolute Gasteiger partial charge is 0.264 e. The van der Waals surface area contributed by atoms with Gasteiger partial charge in [0.15, 0.2) is 11.5 Å². The van der Waals surface area contributed by atoms with Crippen molar-refractivity contribution < 1.29 is 74.5 Å². The van der Waals surface area contributed by atoms with Gasteiger partial charge in [-0.25, -0.2) is 4.39 Å². The van der Waals surface area contributed by atoms with Crippen LogP contribution in [0.4, 0.5) is 57.1 Å². The molecule has 1 rings (SSSR count). The van der Waals surface area contributed by atoms with E-state index in [9.17, 15) is 65.5 Å². The molecule has 0 aliphatic heterocycles. The number of allylic oxidation sites excluding steroid dienone is 1. The Labute approximate surface area is 197 Å². The van der Waals surface area contributed by atoms with Crippen LogP contribution in [0.1, 0.15) is 17.5 Å².